The highest BCUT2D eigenvalue weighted by atomic mass is 35.5. The first-order chi connectivity index (χ1) is 9.79. The van der Waals surface area contributed by atoms with Gasteiger partial charge in [-0.25, -0.2) is 4.98 Å². The van der Waals surface area contributed by atoms with Crippen LogP contribution in [0.5, 0.6) is 0 Å². The van der Waals surface area contributed by atoms with Crippen molar-refractivity contribution in [1.29, 1.82) is 5.26 Å². The summed E-state index contributed by atoms with van der Waals surface area (Å²) in [5, 5.41) is 9.43. The highest BCUT2D eigenvalue weighted by molar-refractivity contribution is 6.33. The van der Waals surface area contributed by atoms with Gasteiger partial charge in [0, 0.05) is 12.7 Å². The van der Waals surface area contributed by atoms with Crippen LogP contribution in [0.4, 0.5) is 5.82 Å². The highest BCUT2D eigenvalue weighted by Gasteiger charge is 2.28. The second kappa shape index (κ2) is 5.52. The van der Waals surface area contributed by atoms with Crippen molar-refractivity contribution >= 4 is 17.4 Å². The lowest BCUT2D eigenvalue weighted by Gasteiger charge is -2.26. The molecule has 0 N–H and O–H groups in total. The number of benzene rings is 1. The van der Waals surface area contributed by atoms with Gasteiger partial charge in [-0.15, -0.1) is 0 Å². The van der Waals surface area contributed by atoms with Crippen LogP contribution in [-0.2, 0) is 0 Å². The molecule has 1 saturated heterocycles. The van der Waals surface area contributed by atoms with E-state index in [1.54, 1.807) is 12.3 Å². The Balaban J connectivity index is 1.95. The first-order valence-corrected chi connectivity index (χ1v) is 7.04. The van der Waals surface area contributed by atoms with E-state index in [9.17, 15) is 0 Å². The molecule has 2 aromatic rings. The van der Waals surface area contributed by atoms with Crippen LogP contribution in [0, 0.1) is 11.3 Å². The fraction of sp³-hybridized carbons (Fsp3) is 0.250. The summed E-state index contributed by atoms with van der Waals surface area (Å²) in [6.07, 6.45) is 3.81. The van der Waals surface area contributed by atoms with Crippen LogP contribution in [0.1, 0.15) is 30.0 Å². The van der Waals surface area contributed by atoms with Gasteiger partial charge in [-0.3, -0.25) is 0 Å². The van der Waals surface area contributed by atoms with E-state index in [1.807, 2.05) is 6.07 Å². The summed E-state index contributed by atoms with van der Waals surface area (Å²) in [5.74, 6) is 0.775. The molecule has 0 spiro atoms. The Hall–Kier alpha value is -2.05. The predicted molar refractivity (Wildman–Crippen MR) is 79.7 cm³/mol. The Labute approximate surface area is 123 Å². The molecule has 0 saturated carbocycles. The number of rotatable bonds is 2. The van der Waals surface area contributed by atoms with Crippen LogP contribution in [0.25, 0.3) is 0 Å². The van der Waals surface area contributed by atoms with Gasteiger partial charge in [0.2, 0.25) is 0 Å². The van der Waals surface area contributed by atoms with E-state index in [0.29, 0.717) is 16.6 Å². The third kappa shape index (κ3) is 2.35. The van der Waals surface area contributed by atoms with E-state index in [4.69, 9.17) is 16.9 Å². The lowest BCUT2D eigenvalue weighted by molar-refractivity contribution is 0.712. The smallest absolute Gasteiger partial charge is 0.147 e. The first kappa shape index (κ1) is 13.0. The average Bonchev–Trinajstić information content (AvgIpc) is 2.97. The maximum absolute atomic E-state index is 8.89. The summed E-state index contributed by atoms with van der Waals surface area (Å²) < 4.78 is 0. The summed E-state index contributed by atoms with van der Waals surface area (Å²) in [4.78, 5) is 6.61. The van der Waals surface area contributed by atoms with Gasteiger partial charge in [-0.05, 0) is 24.5 Å². The summed E-state index contributed by atoms with van der Waals surface area (Å²) in [6, 6.07) is 14.5. The fourth-order valence-electron chi connectivity index (χ4n) is 2.75. The minimum Gasteiger partial charge on any atom is -0.348 e. The summed E-state index contributed by atoms with van der Waals surface area (Å²) >= 11 is 6.29. The molecular weight excluding hydrogens is 270 g/mol. The number of halogens is 1. The second-order valence-electron chi connectivity index (χ2n) is 4.90. The molecule has 0 radical (unpaired) electrons. The molecule has 0 bridgehead atoms. The molecule has 3 rings (SSSR count). The quantitative estimate of drug-likeness (QED) is 0.838. The van der Waals surface area contributed by atoms with E-state index >= 15 is 0 Å². The van der Waals surface area contributed by atoms with Crippen molar-refractivity contribution in [3.05, 3.63) is 58.7 Å². The Morgan fingerprint density at radius 1 is 1.30 bits per heavy atom. The molecule has 1 aromatic carbocycles. The number of hydrogen-bond acceptors (Lipinski definition) is 3. The number of anilines is 1. The normalized spacial score (nSPS) is 18.0. The van der Waals surface area contributed by atoms with Crippen LogP contribution < -0.4 is 4.90 Å². The number of aromatic nitrogens is 1. The molecule has 1 atom stereocenters. The molecule has 1 aromatic heterocycles. The Morgan fingerprint density at radius 2 is 2.10 bits per heavy atom. The maximum Gasteiger partial charge on any atom is 0.147 e. The van der Waals surface area contributed by atoms with Crippen molar-refractivity contribution in [3.63, 3.8) is 0 Å². The topological polar surface area (TPSA) is 39.9 Å². The maximum atomic E-state index is 8.89. The minimum absolute atomic E-state index is 0.314. The Bertz CT molecular complexity index is 649. The molecule has 0 amide bonds. The zero-order valence-corrected chi connectivity index (χ0v) is 11.7. The number of nitriles is 1. The van der Waals surface area contributed by atoms with Crippen LogP contribution in [-0.4, -0.2) is 11.5 Å². The molecule has 0 aliphatic carbocycles. The first-order valence-electron chi connectivity index (χ1n) is 6.67. The number of pyridine rings is 1. The molecule has 1 aliphatic heterocycles. The van der Waals surface area contributed by atoms with E-state index in [1.165, 1.54) is 5.56 Å². The van der Waals surface area contributed by atoms with Gasteiger partial charge in [-0.1, -0.05) is 41.9 Å². The summed E-state index contributed by atoms with van der Waals surface area (Å²) in [5.41, 5.74) is 1.78. The molecule has 100 valence electrons. The second-order valence-corrected chi connectivity index (χ2v) is 5.31. The molecular formula is C16H14ClN3. The van der Waals surface area contributed by atoms with Gasteiger partial charge in [-0.2, -0.15) is 5.26 Å². The molecule has 1 fully saturated rings. The number of nitrogens with zero attached hydrogens (tertiary/aromatic N) is 3. The molecule has 20 heavy (non-hydrogen) atoms. The molecule has 2 heterocycles. The zero-order valence-electron chi connectivity index (χ0n) is 11.0. The minimum atomic E-state index is 0.314. The lowest BCUT2D eigenvalue weighted by Crippen LogP contribution is -2.23. The van der Waals surface area contributed by atoms with Crippen molar-refractivity contribution in [3.8, 4) is 6.07 Å². The highest BCUT2D eigenvalue weighted by Crippen LogP contribution is 2.38. The fourth-order valence-corrected chi connectivity index (χ4v) is 3.02. The monoisotopic (exact) mass is 283 g/mol. The summed E-state index contributed by atoms with van der Waals surface area (Å²) in [6.45, 7) is 0.943. The predicted octanol–water partition coefficient (Wildman–Crippen LogP) is 3.95. The SMILES string of the molecule is N#Cc1cnc(N2CCCC2c2ccccc2)c(Cl)c1. The van der Waals surface area contributed by atoms with E-state index < -0.39 is 0 Å². The van der Waals surface area contributed by atoms with Gasteiger partial charge in [0.25, 0.3) is 0 Å². The van der Waals surface area contributed by atoms with Gasteiger partial charge < -0.3 is 4.90 Å². The van der Waals surface area contributed by atoms with Crippen molar-refractivity contribution in [2.24, 2.45) is 0 Å². The van der Waals surface area contributed by atoms with Gasteiger partial charge >= 0.3 is 0 Å². The van der Waals surface area contributed by atoms with Crippen LogP contribution in [0.2, 0.25) is 5.02 Å². The van der Waals surface area contributed by atoms with E-state index in [2.05, 4.69) is 40.2 Å². The van der Waals surface area contributed by atoms with Crippen LogP contribution >= 0.6 is 11.6 Å². The largest absolute Gasteiger partial charge is 0.348 e. The Kier molecular flexibility index (Phi) is 3.58. The van der Waals surface area contributed by atoms with Crippen LogP contribution in [0.15, 0.2) is 42.6 Å². The van der Waals surface area contributed by atoms with Crippen molar-refractivity contribution < 1.29 is 0 Å². The molecule has 4 heteroatoms. The average molecular weight is 284 g/mol. The van der Waals surface area contributed by atoms with Gasteiger partial charge in [0.05, 0.1) is 16.6 Å². The molecule has 1 unspecified atom stereocenters. The molecule has 3 nitrogen and oxygen atoms in total. The molecule has 1 aliphatic rings. The van der Waals surface area contributed by atoms with Crippen LogP contribution in [0.3, 0.4) is 0 Å². The van der Waals surface area contributed by atoms with Crippen molar-refractivity contribution in [1.82, 2.24) is 4.98 Å². The van der Waals surface area contributed by atoms with Crippen molar-refractivity contribution in [2.45, 2.75) is 18.9 Å². The third-order valence-corrected chi connectivity index (χ3v) is 3.94. The van der Waals surface area contributed by atoms with Gasteiger partial charge in [0.15, 0.2) is 0 Å². The third-order valence-electron chi connectivity index (χ3n) is 3.66. The zero-order chi connectivity index (χ0) is 13.9. The van der Waals surface area contributed by atoms with Gasteiger partial charge in [0.1, 0.15) is 11.9 Å². The van der Waals surface area contributed by atoms with E-state index in [0.717, 1.165) is 25.2 Å². The van der Waals surface area contributed by atoms with Crippen molar-refractivity contribution in [2.75, 3.05) is 11.4 Å². The number of hydrogen-bond donors (Lipinski definition) is 0. The summed E-state index contributed by atoms with van der Waals surface area (Å²) in [7, 11) is 0. The standard InChI is InChI=1S/C16H14ClN3/c17-14-9-12(10-18)11-19-16(14)20-8-4-7-15(20)13-5-2-1-3-6-13/h1-3,5-6,9,11,15H,4,7-8H2. The lowest BCUT2D eigenvalue weighted by atomic mass is 10.0. The Morgan fingerprint density at radius 3 is 2.80 bits per heavy atom. The van der Waals surface area contributed by atoms with E-state index in [-0.39, 0.29) is 0 Å².